The molecule has 0 spiro atoms. The Kier molecular flexibility index (Phi) is 4.87. The first-order valence-electron chi connectivity index (χ1n) is 12.0. The van der Waals surface area contributed by atoms with Crippen molar-refractivity contribution in [3.63, 3.8) is 0 Å². The molecule has 3 aromatic carbocycles. The number of hydrogen-bond donors (Lipinski definition) is 0. The van der Waals surface area contributed by atoms with Gasteiger partial charge in [-0.15, -0.1) is 11.3 Å². The molecule has 0 unspecified atom stereocenters. The van der Waals surface area contributed by atoms with Crippen molar-refractivity contribution >= 4 is 43.5 Å². The van der Waals surface area contributed by atoms with Gasteiger partial charge in [0.1, 0.15) is 11.1 Å². The standard InChI is InChI=1S/C31H28N2OS/c1-17-9-7-10-18(2)26(17)23-15-24(32-16-19(23)3)22-12-8-11-20-21-13-14-25-27(29(21)34-28(20)22)33-30(35-25)31(4,5)6/h7-16H,1-6H3. The average molecular weight is 477 g/mol. The molecule has 0 atom stereocenters. The third-order valence-electron chi connectivity index (χ3n) is 6.79. The molecular weight excluding hydrogens is 448 g/mol. The summed E-state index contributed by atoms with van der Waals surface area (Å²) < 4.78 is 7.77. The highest BCUT2D eigenvalue weighted by Crippen LogP contribution is 2.41. The van der Waals surface area contributed by atoms with Gasteiger partial charge in [0, 0.05) is 27.9 Å². The van der Waals surface area contributed by atoms with Crippen LogP contribution in [0.2, 0.25) is 0 Å². The summed E-state index contributed by atoms with van der Waals surface area (Å²) in [6.07, 6.45) is 1.98. The third kappa shape index (κ3) is 3.47. The van der Waals surface area contributed by atoms with E-state index in [0.29, 0.717) is 0 Å². The van der Waals surface area contributed by atoms with Gasteiger partial charge in [-0.1, -0.05) is 51.1 Å². The van der Waals surface area contributed by atoms with Crippen LogP contribution >= 0.6 is 11.3 Å². The number of fused-ring (bicyclic) bond motifs is 5. The zero-order valence-corrected chi connectivity index (χ0v) is 21.8. The smallest absolute Gasteiger partial charge is 0.162 e. The van der Waals surface area contributed by atoms with Crippen LogP contribution in [0.5, 0.6) is 0 Å². The molecule has 35 heavy (non-hydrogen) atoms. The van der Waals surface area contributed by atoms with E-state index in [1.54, 1.807) is 11.3 Å². The third-order valence-corrected chi connectivity index (χ3v) is 8.24. The number of aryl methyl sites for hydroxylation is 3. The van der Waals surface area contributed by atoms with Crippen molar-refractivity contribution in [2.45, 2.75) is 47.0 Å². The molecule has 6 rings (SSSR count). The number of thiazole rings is 1. The van der Waals surface area contributed by atoms with Crippen molar-refractivity contribution in [1.82, 2.24) is 9.97 Å². The van der Waals surface area contributed by atoms with E-state index < -0.39 is 0 Å². The van der Waals surface area contributed by atoms with Crippen molar-refractivity contribution in [2.75, 3.05) is 0 Å². The summed E-state index contributed by atoms with van der Waals surface area (Å²) in [5.41, 5.74) is 10.8. The minimum atomic E-state index is 0.00308. The van der Waals surface area contributed by atoms with Crippen LogP contribution in [0.1, 0.15) is 42.5 Å². The van der Waals surface area contributed by atoms with Gasteiger partial charge in [0.15, 0.2) is 5.58 Å². The molecule has 0 aliphatic carbocycles. The van der Waals surface area contributed by atoms with Crippen LogP contribution in [0.4, 0.5) is 0 Å². The summed E-state index contributed by atoms with van der Waals surface area (Å²) in [6.45, 7) is 13.1. The number of pyridine rings is 1. The molecule has 0 saturated heterocycles. The van der Waals surface area contributed by atoms with Crippen LogP contribution in [-0.4, -0.2) is 9.97 Å². The lowest BCUT2D eigenvalue weighted by Crippen LogP contribution is -2.09. The molecule has 0 amide bonds. The van der Waals surface area contributed by atoms with Crippen molar-refractivity contribution in [1.29, 1.82) is 0 Å². The van der Waals surface area contributed by atoms with Gasteiger partial charge < -0.3 is 4.42 Å². The quantitative estimate of drug-likeness (QED) is 0.250. The molecular formula is C31H28N2OS. The maximum absolute atomic E-state index is 6.60. The summed E-state index contributed by atoms with van der Waals surface area (Å²) >= 11 is 1.75. The highest BCUT2D eigenvalue weighted by Gasteiger charge is 2.22. The Morgan fingerprint density at radius 1 is 0.771 bits per heavy atom. The zero-order chi connectivity index (χ0) is 24.5. The molecule has 0 aliphatic heterocycles. The van der Waals surface area contributed by atoms with Crippen molar-refractivity contribution in [3.05, 3.63) is 82.5 Å². The van der Waals surface area contributed by atoms with Crippen LogP contribution in [0.25, 0.3) is 54.5 Å². The largest absolute Gasteiger partial charge is 0.453 e. The zero-order valence-electron chi connectivity index (χ0n) is 21.0. The number of rotatable bonds is 2. The van der Waals surface area contributed by atoms with Crippen LogP contribution < -0.4 is 0 Å². The Morgan fingerprint density at radius 2 is 1.49 bits per heavy atom. The highest BCUT2D eigenvalue weighted by atomic mass is 32.1. The molecule has 0 aliphatic rings. The summed E-state index contributed by atoms with van der Waals surface area (Å²) in [6, 6.07) is 19.4. The fourth-order valence-corrected chi connectivity index (χ4v) is 5.97. The van der Waals surface area contributed by atoms with Crippen LogP contribution in [0, 0.1) is 20.8 Å². The first kappa shape index (κ1) is 22.0. The molecule has 3 nitrogen and oxygen atoms in total. The SMILES string of the molecule is Cc1cnc(-c2cccc3c2oc2c3ccc3sc(C(C)(C)C)nc32)cc1-c1c(C)cccc1C. The molecule has 0 bridgehead atoms. The summed E-state index contributed by atoms with van der Waals surface area (Å²) in [4.78, 5) is 9.84. The van der Waals surface area contributed by atoms with Crippen molar-refractivity contribution < 1.29 is 4.42 Å². The Bertz CT molecular complexity index is 1740. The molecule has 0 N–H and O–H groups in total. The van der Waals surface area contributed by atoms with Gasteiger partial charge in [0.2, 0.25) is 0 Å². The first-order valence-corrected chi connectivity index (χ1v) is 12.8. The van der Waals surface area contributed by atoms with Gasteiger partial charge in [-0.25, -0.2) is 4.98 Å². The number of para-hydroxylation sites is 1. The van der Waals surface area contributed by atoms with Crippen molar-refractivity contribution in [2.24, 2.45) is 0 Å². The lowest BCUT2D eigenvalue weighted by Gasteiger charge is -2.14. The Balaban J connectivity index is 1.60. The molecule has 174 valence electrons. The predicted octanol–water partition coefficient (Wildman–Crippen LogP) is 9.15. The lowest BCUT2D eigenvalue weighted by atomic mass is 9.92. The van der Waals surface area contributed by atoms with E-state index >= 15 is 0 Å². The first-order chi connectivity index (χ1) is 16.7. The number of furan rings is 1. The molecule has 3 heterocycles. The Hall–Kier alpha value is -3.50. The normalized spacial score (nSPS) is 12.3. The lowest BCUT2D eigenvalue weighted by molar-refractivity contribution is 0.586. The maximum Gasteiger partial charge on any atom is 0.162 e. The second-order valence-electron chi connectivity index (χ2n) is 10.5. The van der Waals surface area contributed by atoms with E-state index in [4.69, 9.17) is 14.4 Å². The van der Waals surface area contributed by atoms with Crippen LogP contribution in [0.15, 0.2) is 65.2 Å². The van der Waals surface area contributed by atoms with Gasteiger partial charge in [0.05, 0.1) is 15.4 Å². The second kappa shape index (κ2) is 7.76. The fraction of sp³-hybridized carbons (Fsp3) is 0.226. The van der Waals surface area contributed by atoms with Crippen molar-refractivity contribution in [3.8, 4) is 22.4 Å². The summed E-state index contributed by atoms with van der Waals surface area (Å²) in [5, 5.41) is 3.32. The van der Waals surface area contributed by atoms with E-state index in [-0.39, 0.29) is 5.41 Å². The molecule has 4 heteroatoms. The Labute approximate surface area is 209 Å². The number of aromatic nitrogens is 2. The molecule has 0 fully saturated rings. The van der Waals surface area contributed by atoms with E-state index in [2.05, 4.69) is 96.1 Å². The van der Waals surface area contributed by atoms with E-state index in [0.717, 1.165) is 48.4 Å². The fourth-order valence-electron chi connectivity index (χ4n) is 4.95. The summed E-state index contributed by atoms with van der Waals surface area (Å²) in [7, 11) is 0. The van der Waals surface area contributed by atoms with Gasteiger partial charge in [-0.3, -0.25) is 4.98 Å². The van der Waals surface area contributed by atoms with Crippen LogP contribution in [-0.2, 0) is 5.41 Å². The van der Waals surface area contributed by atoms with Gasteiger partial charge in [-0.2, -0.15) is 0 Å². The maximum atomic E-state index is 6.60. The topological polar surface area (TPSA) is 38.9 Å². The predicted molar refractivity (Wildman–Crippen MR) is 148 cm³/mol. The van der Waals surface area contributed by atoms with Gasteiger partial charge in [0.25, 0.3) is 0 Å². The minimum Gasteiger partial charge on any atom is -0.453 e. The second-order valence-corrected chi connectivity index (χ2v) is 11.5. The molecule has 3 aromatic heterocycles. The van der Waals surface area contributed by atoms with Crippen LogP contribution in [0.3, 0.4) is 0 Å². The van der Waals surface area contributed by atoms with Gasteiger partial charge >= 0.3 is 0 Å². The van der Waals surface area contributed by atoms with E-state index in [1.165, 1.54) is 27.8 Å². The minimum absolute atomic E-state index is 0.00308. The number of nitrogens with zero attached hydrogens (tertiary/aromatic N) is 2. The highest BCUT2D eigenvalue weighted by molar-refractivity contribution is 7.18. The average Bonchev–Trinajstić information content (AvgIpc) is 3.41. The summed E-state index contributed by atoms with van der Waals surface area (Å²) in [5.74, 6) is 0. The molecule has 6 aromatic rings. The van der Waals surface area contributed by atoms with Gasteiger partial charge in [-0.05, 0) is 72.9 Å². The van der Waals surface area contributed by atoms with E-state index in [9.17, 15) is 0 Å². The molecule has 0 saturated carbocycles. The number of hydrogen-bond acceptors (Lipinski definition) is 4. The Morgan fingerprint density at radius 3 is 2.23 bits per heavy atom. The monoisotopic (exact) mass is 476 g/mol. The van der Waals surface area contributed by atoms with E-state index in [1.807, 2.05) is 6.20 Å². The number of benzene rings is 3. The molecule has 0 radical (unpaired) electrons.